The Labute approximate surface area is 126 Å². The first-order chi connectivity index (χ1) is 9.67. The Bertz CT molecular complexity index is 477. The second kappa shape index (κ2) is 5.90. The molecule has 0 amide bonds. The van der Waals surface area contributed by atoms with Crippen LogP contribution in [-0.2, 0) is 5.88 Å². The number of piperidine rings is 2. The zero-order valence-electron chi connectivity index (χ0n) is 12.5. The molecule has 4 heteroatoms. The largest absolute Gasteiger partial charge is 0.356 e. The lowest BCUT2D eigenvalue weighted by molar-refractivity contribution is 0.102. The normalized spacial score (nSPS) is 27.4. The summed E-state index contributed by atoms with van der Waals surface area (Å²) in [5.41, 5.74) is 2.25. The summed E-state index contributed by atoms with van der Waals surface area (Å²) in [5, 5.41) is 0. The zero-order valence-corrected chi connectivity index (χ0v) is 13.2. The van der Waals surface area contributed by atoms with E-state index in [0.29, 0.717) is 5.88 Å². The fourth-order valence-corrected chi connectivity index (χ4v) is 3.98. The van der Waals surface area contributed by atoms with Gasteiger partial charge in [-0.2, -0.15) is 0 Å². The molecule has 3 heterocycles. The number of hydrogen-bond donors (Lipinski definition) is 0. The van der Waals surface area contributed by atoms with Crippen molar-refractivity contribution in [1.82, 2.24) is 9.88 Å². The minimum Gasteiger partial charge on any atom is -0.356 e. The highest BCUT2D eigenvalue weighted by atomic mass is 35.5. The Morgan fingerprint density at radius 1 is 1.30 bits per heavy atom. The summed E-state index contributed by atoms with van der Waals surface area (Å²) in [6, 6.07) is 5.02. The fourth-order valence-electron chi connectivity index (χ4n) is 3.82. The summed E-state index contributed by atoms with van der Waals surface area (Å²) in [5.74, 6) is 2.48. The average molecular weight is 294 g/mol. The van der Waals surface area contributed by atoms with Gasteiger partial charge in [-0.1, -0.05) is 0 Å². The third kappa shape index (κ3) is 2.79. The predicted molar refractivity (Wildman–Crippen MR) is 84.5 cm³/mol. The molecule has 20 heavy (non-hydrogen) atoms. The maximum atomic E-state index is 5.99. The molecule has 0 aliphatic carbocycles. The minimum absolute atomic E-state index is 0.568. The van der Waals surface area contributed by atoms with Crippen LogP contribution in [0.1, 0.15) is 30.5 Å². The highest BCUT2D eigenvalue weighted by molar-refractivity contribution is 6.17. The molecular weight excluding hydrogens is 270 g/mol. The Balaban J connectivity index is 1.77. The molecule has 0 N–H and O–H groups in total. The van der Waals surface area contributed by atoms with E-state index >= 15 is 0 Å². The summed E-state index contributed by atoms with van der Waals surface area (Å²) in [6.45, 7) is 5.58. The molecule has 3 nitrogen and oxygen atoms in total. The number of aromatic nitrogens is 1. The van der Waals surface area contributed by atoms with Crippen molar-refractivity contribution in [2.75, 3.05) is 31.6 Å². The lowest BCUT2D eigenvalue weighted by Gasteiger charge is -2.46. The molecule has 0 aromatic carbocycles. The zero-order chi connectivity index (χ0) is 14.1. The van der Waals surface area contributed by atoms with Crippen LogP contribution in [0.25, 0.3) is 0 Å². The molecule has 0 spiro atoms. The molecule has 0 saturated carbocycles. The second-order valence-electron chi connectivity index (χ2n) is 6.29. The van der Waals surface area contributed by atoms with Crippen molar-refractivity contribution in [1.29, 1.82) is 0 Å². The topological polar surface area (TPSA) is 19.4 Å². The molecular formula is C16H24ClN3. The Morgan fingerprint density at radius 3 is 2.95 bits per heavy atom. The van der Waals surface area contributed by atoms with Gasteiger partial charge in [-0.05, 0) is 63.4 Å². The monoisotopic (exact) mass is 293 g/mol. The van der Waals surface area contributed by atoms with Crippen molar-refractivity contribution in [3.05, 3.63) is 23.4 Å². The van der Waals surface area contributed by atoms with Crippen molar-refractivity contribution in [2.45, 2.75) is 38.1 Å². The molecule has 0 bridgehead atoms. The number of nitrogens with zero attached hydrogens (tertiary/aromatic N) is 3. The van der Waals surface area contributed by atoms with E-state index in [1.54, 1.807) is 0 Å². The van der Waals surface area contributed by atoms with Gasteiger partial charge in [0.25, 0.3) is 0 Å². The van der Waals surface area contributed by atoms with Crippen LogP contribution in [0.3, 0.4) is 0 Å². The van der Waals surface area contributed by atoms with Gasteiger partial charge in [-0.3, -0.25) is 0 Å². The quantitative estimate of drug-likeness (QED) is 0.781. The minimum atomic E-state index is 0.568. The van der Waals surface area contributed by atoms with Gasteiger partial charge < -0.3 is 9.80 Å². The van der Waals surface area contributed by atoms with Crippen LogP contribution in [0.15, 0.2) is 12.1 Å². The highest BCUT2D eigenvalue weighted by Crippen LogP contribution is 2.31. The summed E-state index contributed by atoms with van der Waals surface area (Å²) < 4.78 is 0. The standard InChI is InChI=1S/C16H24ClN3/c1-12-8-13(10-17)9-16(18-12)20-7-5-15-14(11-20)4-3-6-19(15)2/h8-9,14-15H,3-7,10-11H2,1-2H3. The lowest BCUT2D eigenvalue weighted by Crippen LogP contribution is -2.52. The van der Waals surface area contributed by atoms with E-state index in [0.717, 1.165) is 36.6 Å². The Kier molecular flexibility index (Phi) is 4.18. The number of aryl methyl sites for hydroxylation is 1. The van der Waals surface area contributed by atoms with E-state index in [4.69, 9.17) is 16.6 Å². The van der Waals surface area contributed by atoms with Gasteiger partial charge in [0.05, 0.1) is 0 Å². The van der Waals surface area contributed by atoms with Crippen molar-refractivity contribution in [3.63, 3.8) is 0 Å². The molecule has 2 aliphatic rings. The van der Waals surface area contributed by atoms with E-state index in [-0.39, 0.29) is 0 Å². The first-order valence-electron chi connectivity index (χ1n) is 7.66. The van der Waals surface area contributed by atoms with Crippen LogP contribution in [-0.4, -0.2) is 42.6 Å². The van der Waals surface area contributed by atoms with E-state index < -0.39 is 0 Å². The van der Waals surface area contributed by atoms with Crippen LogP contribution in [0.5, 0.6) is 0 Å². The van der Waals surface area contributed by atoms with E-state index in [2.05, 4.69) is 35.9 Å². The number of hydrogen-bond acceptors (Lipinski definition) is 3. The van der Waals surface area contributed by atoms with Crippen LogP contribution in [0, 0.1) is 12.8 Å². The summed E-state index contributed by atoms with van der Waals surface area (Å²) in [4.78, 5) is 9.73. The van der Waals surface area contributed by atoms with Gasteiger partial charge >= 0.3 is 0 Å². The van der Waals surface area contributed by atoms with Gasteiger partial charge in [-0.25, -0.2) is 4.98 Å². The first-order valence-corrected chi connectivity index (χ1v) is 8.19. The molecule has 2 fully saturated rings. The van der Waals surface area contributed by atoms with Crippen molar-refractivity contribution in [2.24, 2.45) is 5.92 Å². The third-order valence-electron chi connectivity index (χ3n) is 4.82. The van der Waals surface area contributed by atoms with Crippen molar-refractivity contribution in [3.8, 4) is 0 Å². The maximum Gasteiger partial charge on any atom is 0.129 e. The number of fused-ring (bicyclic) bond motifs is 1. The molecule has 2 atom stereocenters. The molecule has 0 radical (unpaired) electrons. The Hall–Kier alpha value is -0.800. The average Bonchev–Trinajstić information content (AvgIpc) is 2.46. The first kappa shape index (κ1) is 14.2. The fraction of sp³-hybridized carbons (Fsp3) is 0.688. The molecule has 2 unspecified atom stereocenters. The van der Waals surface area contributed by atoms with Crippen LogP contribution < -0.4 is 4.90 Å². The molecule has 2 aliphatic heterocycles. The number of rotatable bonds is 2. The predicted octanol–water partition coefficient (Wildman–Crippen LogP) is 3.05. The molecule has 1 aromatic heterocycles. The smallest absolute Gasteiger partial charge is 0.129 e. The summed E-state index contributed by atoms with van der Waals surface area (Å²) in [6.07, 6.45) is 3.95. The van der Waals surface area contributed by atoms with E-state index in [1.807, 2.05) is 0 Å². The van der Waals surface area contributed by atoms with Crippen LogP contribution in [0.2, 0.25) is 0 Å². The highest BCUT2D eigenvalue weighted by Gasteiger charge is 2.34. The molecule has 110 valence electrons. The van der Waals surface area contributed by atoms with Gasteiger partial charge in [0.2, 0.25) is 0 Å². The molecule has 1 aromatic rings. The van der Waals surface area contributed by atoms with Crippen molar-refractivity contribution < 1.29 is 0 Å². The Morgan fingerprint density at radius 2 is 2.15 bits per heavy atom. The molecule has 3 rings (SSSR count). The van der Waals surface area contributed by atoms with Gasteiger partial charge in [-0.15, -0.1) is 11.6 Å². The van der Waals surface area contributed by atoms with Crippen molar-refractivity contribution >= 4 is 17.4 Å². The number of halogens is 1. The number of pyridine rings is 1. The van der Waals surface area contributed by atoms with E-state index in [9.17, 15) is 0 Å². The van der Waals surface area contributed by atoms with Gasteiger partial charge in [0.15, 0.2) is 0 Å². The van der Waals surface area contributed by atoms with Gasteiger partial charge in [0, 0.05) is 30.7 Å². The lowest BCUT2D eigenvalue weighted by atomic mass is 9.84. The van der Waals surface area contributed by atoms with Gasteiger partial charge in [0.1, 0.15) is 5.82 Å². The second-order valence-corrected chi connectivity index (χ2v) is 6.56. The number of likely N-dealkylation sites (tertiary alicyclic amines) is 1. The third-order valence-corrected chi connectivity index (χ3v) is 5.13. The SMILES string of the molecule is Cc1cc(CCl)cc(N2CCC3C(CCCN3C)C2)n1. The summed E-state index contributed by atoms with van der Waals surface area (Å²) in [7, 11) is 2.28. The van der Waals surface area contributed by atoms with Crippen LogP contribution >= 0.6 is 11.6 Å². The number of anilines is 1. The maximum absolute atomic E-state index is 5.99. The van der Waals surface area contributed by atoms with Crippen LogP contribution in [0.4, 0.5) is 5.82 Å². The molecule has 2 saturated heterocycles. The number of alkyl halides is 1. The van der Waals surface area contributed by atoms with E-state index in [1.165, 1.54) is 31.4 Å². The summed E-state index contributed by atoms with van der Waals surface area (Å²) >= 11 is 5.99.